The first kappa shape index (κ1) is 25.9. The molecule has 128 valence electrons. The van der Waals surface area contributed by atoms with Crippen molar-refractivity contribution in [1.29, 1.82) is 0 Å². The first-order valence-electron chi connectivity index (χ1n) is 6.72. The van der Waals surface area contributed by atoms with Crippen molar-refractivity contribution in [2.45, 2.75) is 31.1 Å². The molecule has 2 aromatic rings. The van der Waals surface area contributed by atoms with Crippen LogP contribution in [0.25, 0.3) is 10.8 Å². The Morgan fingerprint density at radius 3 is 2.19 bits per heavy atom. The topological polar surface area (TPSA) is 121 Å². The molecule has 0 aliphatic carbocycles. The van der Waals surface area contributed by atoms with Gasteiger partial charge in [0.25, 0.3) is 0 Å². The second kappa shape index (κ2) is 9.40. The third-order valence-corrected chi connectivity index (χ3v) is 4.80. The molecule has 1 aliphatic rings. The van der Waals surface area contributed by atoms with Crippen molar-refractivity contribution in [2.24, 2.45) is 4.99 Å². The molecule has 11 heteroatoms. The van der Waals surface area contributed by atoms with Crippen molar-refractivity contribution in [1.82, 2.24) is 0 Å². The second-order valence-corrected chi connectivity index (χ2v) is 7.52. The fourth-order valence-electron chi connectivity index (χ4n) is 2.61. The predicted molar refractivity (Wildman–Crippen MR) is 86.2 cm³/mol. The summed E-state index contributed by atoms with van der Waals surface area (Å²) < 4.78 is 58.9. The summed E-state index contributed by atoms with van der Waals surface area (Å²) >= 11 is 0. The van der Waals surface area contributed by atoms with Gasteiger partial charge in [0.15, 0.2) is 0 Å². The first-order chi connectivity index (χ1) is 10.9. The number of hydrogen-bond donors (Lipinski definition) is 0. The maximum Gasteiger partial charge on any atom is 1.00 e. The molecule has 3 rings (SSSR count). The average molecular weight is 413 g/mol. The van der Waals surface area contributed by atoms with Gasteiger partial charge in [-0.15, -0.1) is 47.7 Å². The summed E-state index contributed by atoms with van der Waals surface area (Å²) in [6, 6.07) is 9.28. The maximum absolute atomic E-state index is 11.2. The molecule has 0 amide bonds. The van der Waals surface area contributed by atoms with Crippen LogP contribution in [0.5, 0.6) is 0 Å². The van der Waals surface area contributed by atoms with E-state index in [-0.39, 0.29) is 69.4 Å². The van der Waals surface area contributed by atoms with Gasteiger partial charge in [-0.3, -0.25) is 4.99 Å². The summed E-state index contributed by atoms with van der Waals surface area (Å²) in [6.45, 7) is 6.02. The van der Waals surface area contributed by atoms with Crippen LogP contribution in [-0.4, -0.2) is 31.3 Å². The van der Waals surface area contributed by atoms with Gasteiger partial charge in [0.05, 0.1) is 10.1 Å². The van der Waals surface area contributed by atoms with Crippen molar-refractivity contribution in [3.8, 4) is 0 Å². The Hall–Kier alpha value is -0.100. The van der Waals surface area contributed by atoms with Crippen LogP contribution in [0.1, 0.15) is 26.3 Å². The van der Waals surface area contributed by atoms with Gasteiger partial charge < -0.3 is 4.55 Å². The quantitative estimate of drug-likeness (QED) is 0.266. The summed E-state index contributed by atoms with van der Waals surface area (Å²) in [4.78, 5) is 4.27. The summed E-state index contributed by atoms with van der Waals surface area (Å²) in [6.07, 6.45) is 0. The Morgan fingerprint density at radius 2 is 1.69 bits per heavy atom. The van der Waals surface area contributed by atoms with Crippen molar-refractivity contribution >= 4 is 42.9 Å². The summed E-state index contributed by atoms with van der Waals surface area (Å²) in [5, 5.41) is 1.51. The van der Waals surface area contributed by atoms with E-state index in [2.05, 4.69) is 11.1 Å². The van der Waals surface area contributed by atoms with Gasteiger partial charge in [-0.2, -0.15) is 0 Å². The van der Waals surface area contributed by atoms with E-state index >= 15 is 0 Å². The largest absolute Gasteiger partial charge is 1.00 e. The van der Waals surface area contributed by atoms with Gasteiger partial charge in [-0.05, 0) is 17.4 Å². The van der Waals surface area contributed by atoms with Gasteiger partial charge in [-0.25, -0.2) is 8.42 Å². The third kappa shape index (κ3) is 5.46. The van der Waals surface area contributed by atoms with E-state index < -0.39 is 20.7 Å². The van der Waals surface area contributed by atoms with Crippen molar-refractivity contribution in [3.05, 3.63) is 35.9 Å². The molecule has 1 heterocycles. The van der Waals surface area contributed by atoms with Crippen LogP contribution in [0.2, 0.25) is 0 Å². The van der Waals surface area contributed by atoms with Crippen molar-refractivity contribution in [2.75, 3.05) is 0 Å². The molecular formula is C15H13NNa2O6S2. The SMILES string of the molecule is CC1=Nc2ccc3[c-]cc(S(=O)(=O)[O-])cc3c2C1(C)C.O=S(=O)=O.[Na+].[Na+]. The number of fused-ring (bicyclic) bond motifs is 3. The van der Waals surface area contributed by atoms with E-state index in [4.69, 9.17) is 12.6 Å². The van der Waals surface area contributed by atoms with Crippen molar-refractivity contribution < 1.29 is 84.7 Å². The van der Waals surface area contributed by atoms with Gasteiger partial charge >= 0.3 is 69.7 Å². The zero-order chi connectivity index (χ0) is 18.3. The number of rotatable bonds is 1. The van der Waals surface area contributed by atoms with Crippen LogP contribution >= 0.6 is 0 Å². The summed E-state index contributed by atoms with van der Waals surface area (Å²) in [7, 11) is -7.59. The van der Waals surface area contributed by atoms with Crippen LogP contribution in [0.3, 0.4) is 0 Å². The fourth-order valence-corrected chi connectivity index (χ4v) is 3.08. The van der Waals surface area contributed by atoms with Crippen LogP contribution in [-0.2, 0) is 26.1 Å². The maximum atomic E-state index is 11.2. The molecule has 0 bridgehead atoms. The molecule has 7 nitrogen and oxygen atoms in total. The molecule has 0 radical (unpaired) electrons. The standard InChI is InChI=1S/C15H14NO3S.2Na.O3S/c1-9-15(2,3)14-12-8-11(20(17,18)19)6-4-10(12)5-7-13(14)16-9;;;1-4(2)3/h5-8H,1-3H3,(H,17,18,19);;;/q-1;2*+1;/p-1. The minimum atomic E-state index is -4.48. The van der Waals surface area contributed by atoms with Gasteiger partial charge in [0.2, 0.25) is 0 Å². The summed E-state index contributed by atoms with van der Waals surface area (Å²) in [5.74, 6) is 0. The smallest absolute Gasteiger partial charge is 0.752 e. The number of nitrogens with zero attached hydrogens (tertiary/aromatic N) is 1. The summed E-state index contributed by atoms with van der Waals surface area (Å²) in [5.41, 5.74) is 2.46. The number of hydrogen-bond acceptors (Lipinski definition) is 7. The van der Waals surface area contributed by atoms with Crippen LogP contribution < -0.4 is 59.1 Å². The fraction of sp³-hybridized carbons (Fsp3) is 0.267. The van der Waals surface area contributed by atoms with E-state index in [1.54, 1.807) is 0 Å². The molecule has 0 saturated heterocycles. The molecule has 1 aliphatic heterocycles. The molecule has 0 aromatic heterocycles. The first-order valence-corrected chi connectivity index (χ1v) is 9.12. The van der Waals surface area contributed by atoms with Crippen molar-refractivity contribution in [3.63, 3.8) is 0 Å². The molecule has 0 N–H and O–H groups in total. The van der Waals surface area contributed by atoms with Crippen LogP contribution in [0.4, 0.5) is 5.69 Å². The van der Waals surface area contributed by atoms with E-state index in [1.807, 2.05) is 32.9 Å². The molecular weight excluding hydrogens is 400 g/mol. The Morgan fingerprint density at radius 1 is 1.15 bits per heavy atom. The second-order valence-electron chi connectivity index (χ2n) is 5.74. The van der Waals surface area contributed by atoms with Crippen LogP contribution in [0, 0.1) is 6.07 Å². The molecule has 0 spiro atoms. The molecule has 2 aromatic carbocycles. The average Bonchev–Trinajstić information content (AvgIpc) is 2.67. The van der Waals surface area contributed by atoms with E-state index in [1.165, 1.54) is 12.1 Å². The van der Waals surface area contributed by atoms with Gasteiger partial charge in [0.1, 0.15) is 0 Å². The minimum absolute atomic E-state index is 0. The Balaban J connectivity index is 0.000000951. The number of benzene rings is 2. The Labute approximate surface area is 197 Å². The molecule has 0 atom stereocenters. The van der Waals surface area contributed by atoms with E-state index in [0.717, 1.165) is 27.7 Å². The normalized spacial score (nSPS) is 14.1. The van der Waals surface area contributed by atoms with E-state index in [0.29, 0.717) is 0 Å². The Bertz CT molecular complexity index is 1070. The van der Waals surface area contributed by atoms with Crippen LogP contribution in [0.15, 0.2) is 34.2 Å². The zero-order valence-electron chi connectivity index (χ0n) is 15.0. The van der Waals surface area contributed by atoms with E-state index in [9.17, 15) is 13.0 Å². The molecule has 0 unspecified atom stereocenters. The molecule has 26 heavy (non-hydrogen) atoms. The number of aliphatic imine (C=N–C) groups is 1. The Kier molecular flexibility index (Phi) is 9.36. The predicted octanol–water partition coefficient (Wildman–Crippen LogP) is -4.07. The third-order valence-electron chi connectivity index (χ3n) is 3.99. The monoisotopic (exact) mass is 413 g/mol. The molecule has 0 fully saturated rings. The molecule has 0 saturated carbocycles. The zero-order valence-corrected chi connectivity index (χ0v) is 20.7. The minimum Gasteiger partial charge on any atom is -0.752 e. The van der Waals surface area contributed by atoms with Gasteiger partial charge in [0, 0.05) is 16.8 Å². The van der Waals surface area contributed by atoms with Gasteiger partial charge in [-0.1, -0.05) is 19.9 Å².